The number of benzene rings is 2. The second-order valence-corrected chi connectivity index (χ2v) is 5.06. The molecule has 0 aliphatic carbocycles. The van der Waals surface area contributed by atoms with Gasteiger partial charge in [0.2, 0.25) is 0 Å². The Balaban J connectivity index is 1.90. The highest BCUT2D eigenvalue weighted by molar-refractivity contribution is 6.33. The third kappa shape index (κ3) is 4.18. The number of amides is 1. The molecule has 1 amide bonds. The van der Waals surface area contributed by atoms with Gasteiger partial charge in [0.15, 0.2) is 0 Å². The van der Waals surface area contributed by atoms with Gasteiger partial charge in [-0.1, -0.05) is 11.6 Å². The third-order valence-corrected chi connectivity index (χ3v) is 3.33. The van der Waals surface area contributed by atoms with Crippen molar-refractivity contribution in [1.29, 1.82) is 0 Å². The molecule has 0 aliphatic rings. The predicted molar refractivity (Wildman–Crippen MR) is 80.3 cm³/mol. The first-order chi connectivity index (χ1) is 10.5. The van der Waals surface area contributed by atoms with E-state index in [2.05, 4.69) is 0 Å². The highest BCUT2D eigenvalue weighted by Gasteiger charge is 2.15. The maximum atomic E-state index is 13.0. The maximum Gasteiger partial charge on any atom is 0.255 e. The standard InChI is InChI=1S/C16H14ClF2NO2/c1-20(8-9-22-13-5-2-11(18)3-6-13)16(21)14-7-4-12(19)10-15(14)17/h2-7,10H,8-9H2,1H3. The van der Waals surface area contributed by atoms with Crippen molar-refractivity contribution in [2.24, 2.45) is 0 Å². The summed E-state index contributed by atoms with van der Waals surface area (Å²) in [6.45, 7) is 0.552. The molecule has 0 bridgehead atoms. The van der Waals surface area contributed by atoms with Gasteiger partial charge in [-0.25, -0.2) is 8.78 Å². The van der Waals surface area contributed by atoms with Crippen LogP contribution in [0.2, 0.25) is 5.02 Å². The van der Waals surface area contributed by atoms with Gasteiger partial charge < -0.3 is 9.64 Å². The molecule has 116 valence electrons. The number of carbonyl (C=O) groups excluding carboxylic acids is 1. The molecular formula is C16H14ClF2NO2. The monoisotopic (exact) mass is 325 g/mol. The molecule has 22 heavy (non-hydrogen) atoms. The number of ether oxygens (including phenoxy) is 1. The molecule has 6 heteroatoms. The highest BCUT2D eigenvalue weighted by Crippen LogP contribution is 2.18. The zero-order valence-electron chi connectivity index (χ0n) is 11.9. The van der Waals surface area contributed by atoms with Crippen LogP contribution >= 0.6 is 11.6 Å². The summed E-state index contributed by atoms with van der Waals surface area (Å²) in [6.07, 6.45) is 0. The van der Waals surface area contributed by atoms with Crippen molar-refractivity contribution in [1.82, 2.24) is 4.90 Å². The van der Waals surface area contributed by atoms with E-state index < -0.39 is 5.82 Å². The second kappa shape index (κ2) is 7.22. The van der Waals surface area contributed by atoms with Gasteiger partial charge in [-0.2, -0.15) is 0 Å². The third-order valence-electron chi connectivity index (χ3n) is 3.02. The van der Waals surface area contributed by atoms with Gasteiger partial charge in [-0.3, -0.25) is 4.79 Å². The molecule has 0 unspecified atom stereocenters. The van der Waals surface area contributed by atoms with Crippen LogP contribution in [0, 0.1) is 11.6 Å². The lowest BCUT2D eigenvalue weighted by atomic mass is 10.2. The minimum Gasteiger partial charge on any atom is -0.492 e. The minimum absolute atomic E-state index is 0.0660. The largest absolute Gasteiger partial charge is 0.492 e. The van der Waals surface area contributed by atoms with Gasteiger partial charge in [0.05, 0.1) is 17.1 Å². The van der Waals surface area contributed by atoms with E-state index in [9.17, 15) is 13.6 Å². The van der Waals surface area contributed by atoms with Crippen LogP contribution < -0.4 is 4.74 Å². The number of halogens is 3. The van der Waals surface area contributed by atoms with Gasteiger partial charge in [-0.05, 0) is 42.5 Å². The lowest BCUT2D eigenvalue weighted by molar-refractivity contribution is 0.0774. The second-order valence-electron chi connectivity index (χ2n) is 4.65. The number of likely N-dealkylation sites (N-methyl/N-ethyl adjacent to an activating group) is 1. The Kier molecular flexibility index (Phi) is 5.33. The van der Waals surface area contributed by atoms with Crippen molar-refractivity contribution in [2.75, 3.05) is 20.2 Å². The number of hydrogen-bond acceptors (Lipinski definition) is 2. The van der Waals surface area contributed by atoms with Crippen LogP contribution in [0.25, 0.3) is 0 Å². The normalized spacial score (nSPS) is 10.4. The predicted octanol–water partition coefficient (Wildman–Crippen LogP) is 3.77. The molecule has 2 rings (SSSR count). The smallest absolute Gasteiger partial charge is 0.255 e. The molecule has 2 aromatic rings. The first-order valence-corrected chi connectivity index (χ1v) is 6.94. The lowest BCUT2D eigenvalue weighted by Gasteiger charge is -2.18. The fraction of sp³-hybridized carbons (Fsp3) is 0.188. The first-order valence-electron chi connectivity index (χ1n) is 6.56. The molecule has 0 aromatic heterocycles. The Bertz CT molecular complexity index is 662. The summed E-state index contributed by atoms with van der Waals surface area (Å²) in [7, 11) is 1.59. The van der Waals surface area contributed by atoms with E-state index in [-0.39, 0.29) is 28.9 Å². The average Bonchev–Trinajstić information content (AvgIpc) is 2.48. The Hall–Kier alpha value is -2.14. The van der Waals surface area contributed by atoms with E-state index in [1.807, 2.05) is 0 Å². The molecule has 0 radical (unpaired) electrons. The van der Waals surface area contributed by atoms with E-state index >= 15 is 0 Å². The van der Waals surface area contributed by atoms with Gasteiger partial charge in [0, 0.05) is 7.05 Å². The van der Waals surface area contributed by atoms with Crippen LogP contribution in [0.1, 0.15) is 10.4 Å². The quantitative estimate of drug-likeness (QED) is 0.837. The average molecular weight is 326 g/mol. The number of hydrogen-bond donors (Lipinski definition) is 0. The Morgan fingerprint density at radius 3 is 2.41 bits per heavy atom. The van der Waals surface area contributed by atoms with E-state index in [1.54, 1.807) is 7.05 Å². The van der Waals surface area contributed by atoms with Crippen molar-refractivity contribution in [3.63, 3.8) is 0 Å². The summed E-state index contributed by atoms with van der Waals surface area (Å²) in [4.78, 5) is 13.6. The summed E-state index contributed by atoms with van der Waals surface area (Å²) >= 11 is 5.86. The first kappa shape index (κ1) is 16.2. The van der Waals surface area contributed by atoms with Crippen LogP contribution in [0.3, 0.4) is 0 Å². The van der Waals surface area contributed by atoms with Gasteiger partial charge in [0.1, 0.15) is 24.0 Å². The molecule has 3 nitrogen and oxygen atoms in total. The minimum atomic E-state index is -0.496. The maximum absolute atomic E-state index is 13.0. The Labute approximate surface area is 132 Å². The number of carbonyl (C=O) groups is 1. The van der Waals surface area contributed by atoms with Crippen molar-refractivity contribution < 1.29 is 18.3 Å². The van der Waals surface area contributed by atoms with Crippen LogP contribution in [-0.2, 0) is 0 Å². The van der Waals surface area contributed by atoms with Gasteiger partial charge in [-0.15, -0.1) is 0 Å². The Morgan fingerprint density at radius 1 is 1.14 bits per heavy atom. The molecule has 0 N–H and O–H groups in total. The molecule has 0 aliphatic heterocycles. The van der Waals surface area contributed by atoms with Crippen molar-refractivity contribution >= 4 is 17.5 Å². The summed E-state index contributed by atoms with van der Waals surface area (Å²) in [5.74, 6) is -0.649. The fourth-order valence-corrected chi connectivity index (χ4v) is 2.05. The lowest BCUT2D eigenvalue weighted by Crippen LogP contribution is -2.31. The van der Waals surface area contributed by atoms with E-state index in [0.29, 0.717) is 12.3 Å². The number of nitrogens with zero attached hydrogens (tertiary/aromatic N) is 1. The van der Waals surface area contributed by atoms with Gasteiger partial charge in [0.25, 0.3) is 5.91 Å². The highest BCUT2D eigenvalue weighted by atomic mass is 35.5. The molecule has 2 aromatic carbocycles. The zero-order valence-corrected chi connectivity index (χ0v) is 12.6. The molecule has 0 saturated carbocycles. The molecule has 0 atom stereocenters. The molecule has 0 fully saturated rings. The van der Waals surface area contributed by atoms with Crippen LogP contribution in [0.4, 0.5) is 8.78 Å². The van der Waals surface area contributed by atoms with Crippen LogP contribution in [0.5, 0.6) is 5.75 Å². The number of rotatable bonds is 5. The SMILES string of the molecule is CN(CCOc1ccc(F)cc1)C(=O)c1ccc(F)cc1Cl. The summed E-state index contributed by atoms with van der Waals surface area (Å²) in [5, 5.41) is 0.0660. The Morgan fingerprint density at radius 2 is 1.77 bits per heavy atom. The van der Waals surface area contributed by atoms with Crippen LogP contribution in [0.15, 0.2) is 42.5 Å². The molecule has 0 spiro atoms. The summed E-state index contributed by atoms with van der Waals surface area (Å²) in [6, 6.07) is 9.23. The molecule has 0 heterocycles. The van der Waals surface area contributed by atoms with E-state index in [1.165, 1.54) is 41.3 Å². The van der Waals surface area contributed by atoms with Crippen molar-refractivity contribution in [3.05, 3.63) is 64.7 Å². The van der Waals surface area contributed by atoms with Gasteiger partial charge >= 0.3 is 0 Å². The fourth-order valence-electron chi connectivity index (χ4n) is 1.80. The summed E-state index contributed by atoms with van der Waals surface area (Å²) < 4.78 is 31.1. The van der Waals surface area contributed by atoms with Crippen LogP contribution in [-0.4, -0.2) is 31.0 Å². The molecular weight excluding hydrogens is 312 g/mol. The zero-order chi connectivity index (χ0) is 16.1. The van der Waals surface area contributed by atoms with Crippen molar-refractivity contribution in [2.45, 2.75) is 0 Å². The van der Waals surface area contributed by atoms with Crippen molar-refractivity contribution in [3.8, 4) is 5.75 Å². The topological polar surface area (TPSA) is 29.5 Å². The van der Waals surface area contributed by atoms with E-state index in [0.717, 1.165) is 6.07 Å². The molecule has 0 saturated heterocycles. The summed E-state index contributed by atoms with van der Waals surface area (Å²) in [5.41, 5.74) is 0.229. The van der Waals surface area contributed by atoms with E-state index in [4.69, 9.17) is 16.3 Å².